The summed E-state index contributed by atoms with van der Waals surface area (Å²) in [4.78, 5) is 0. The van der Waals surface area contributed by atoms with E-state index in [-0.39, 0.29) is 6.04 Å². The maximum absolute atomic E-state index is 6.01. The number of fused-ring (bicyclic) bond motifs is 1. The van der Waals surface area contributed by atoms with Crippen LogP contribution >= 0.6 is 0 Å². The van der Waals surface area contributed by atoms with Gasteiger partial charge in [-0.2, -0.15) is 0 Å². The van der Waals surface area contributed by atoms with E-state index in [2.05, 4.69) is 36.5 Å². The van der Waals surface area contributed by atoms with E-state index in [0.717, 1.165) is 17.7 Å². The van der Waals surface area contributed by atoms with Gasteiger partial charge in [-0.15, -0.1) is 0 Å². The van der Waals surface area contributed by atoms with Crippen LogP contribution in [0.3, 0.4) is 0 Å². The van der Waals surface area contributed by atoms with E-state index < -0.39 is 0 Å². The summed E-state index contributed by atoms with van der Waals surface area (Å²) >= 11 is 0. The minimum Gasteiger partial charge on any atom is -0.490 e. The molecule has 20 heavy (non-hydrogen) atoms. The van der Waals surface area contributed by atoms with E-state index >= 15 is 0 Å². The van der Waals surface area contributed by atoms with Crippen LogP contribution in [0, 0.1) is 0 Å². The first-order valence-corrected chi connectivity index (χ1v) is 7.17. The third-order valence-electron chi connectivity index (χ3n) is 3.49. The van der Waals surface area contributed by atoms with Crippen molar-refractivity contribution in [2.24, 2.45) is 0 Å². The van der Waals surface area contributed by atoms with Crippen molar-refractivity contribution in [2.75, 3.05) is 26.9 Å². The van der Waals surface area contributed by atoms with Gasteiger partial charge in [0.2, 0.25) is 0 Å². The summed E-state index contributed by atoms with van der Waals surface area (Å²) in [5, 5.41) is 5.63. The fraction of sp³-hybridized carbons (Fsp3) is 0.412. The Balaban J connectivity index is 2.34. The lowest BCUT2D eigenvalue weighted by Crippen LogP contribution is -2.15. The van der Waals surface area contributed by atoms with E-state index in [1.54, 1.807) is 0 Å². The minimum absolute atomic E-state index is 0.252. The van der Waals surface area contributed by atoms with Crippen molar-refractivity contribution in [3.63, 3.8) is 0 Å². The molecule has 0 aliphatic rings. The highest BCUT2D eigenvalue weighted by Crippen LogP contribution is 2.33. The summed E-state index contributed by atoms with van der Waals surface area (Å²) < 4.78 is 11.4. The number of hydrogen-bond acceptors (Lipinski definition) is 3. The molecule has 0 aromatic heterocycles. The minimum atomic E-state index is 0.252. The monoisotopic (exact) mass is 273 g/mol. The van der Waals surface area contributed by atoms with Crippen LogP contribution in [0.1, 0.15) is 25.5 Å². The van der Waals surface area contributed by atoms with Crippen LogP contribution in [0.4, 0.5) is 0 Å². The SMILES string of the molecule is CCOCCOc1c(C(C)NC)ccc2ccccc12. The van der Waals surface area contributed by atoms with Gasteiger partial charge in [0.15, 0.2) is 0 Å². The van der Waals surface area contributed by atoms with Gasteiger partial charge in [-0.25, -0.2) is 0 Å². The Morgan fingerprint density at radius 2 is 1.90 bits per heavy atom. The zero-order chi connectivity index (χ0) is 14.4. The molecule has 0 aliphatic carbocycles. The number of ether oxygens (including phenoxy) is 2. The largest absolute Gasteiger partial charge is 0.490 e. The van der Waals surface area contributed by atoms with Crippen molar-refractivity contribution in [1.29, 1.82) is 0 Å². The molecule has 1 unspecified atom stereocenters. The maximum atomic E-state index is 6.01. The number of rotatable bonds is 7. The molecule has 3 nitrogen and oxygen atoms in total. The molecule has 2 aromatic rings. The van der Waals surface area contributed by atoms with E-state index in [1.807, 2.05) is 26.1 Å². The molecule has 1 N–H and O–H groups in total. The van der Waals surface area contributed by atoms with E-state index in [0.29, 0.717) is 13.2 Å². The zero-order valence-electron chi connectivity index (χ0n) is 12.5. The summed E-state index contributed by atoms with van der Waals surface area (Å²) in [6.07, 6.45) is 0. The summed E-state index contributed by atoms with van der Waals surface area (Å²) in [7, 11) is 1.96. The lowest BCUT2D eigenvalue weighted by Gasteiger charge is -2.18. The van der Waals surface area contributed by atoms with Crippen molar-refractivity contribution in [3.8, 4) is 5.75 Å². The second kappa shape index (κ2) is 7.27. The van der Waals surface area contributed by atoms with Crippen LogP contribution < -0.4 is 10.1 Å². The van der Waals surface area contributed by atoms with Gasteiger partial charge in [-0.1, -0.05) is 36.4 Å². The molecule has 0 amide bonds. The molecule has 0 radical (unpaired) electrons. The highest BCUT2D eigenvalue weighted by atomic mass is 16.5. The van der Waals surface area contributed by atoms with Crippen LogP contribution in [0.25, 0.3) is 10.8 Å². The Labute approximate surface area is 120 Å². The van der Waals surface area contributed by atoms with Crippen LogP contribution in [0.5, 0.6) is 5.75 Å². The van der Waals surface area contributed by atoms with E-state index in [1.165, 1.54) is 10.9 Å². The van der Waals surface area contributed by atoms with Crippen molar-refractivity contribution < 1.29 is 9.47 Å². The highest BCUT2D eigenvalue weighted by Gasteiger charge is 2.13. The first-order valence-electron chi connectivity index (χ1n) is 7.17. The molecule has 0 aliphatic heterocycles. The Morgan fingerprint density at radius 3 is 2.65 bits per heavy atom. The van der Waals surface area contributed by atoms with E-state index in [4.69, 9.17) is 9.47 Å². The van der Waals surface area contributed by atoms with Gasteiger partial charge in [0.05, 0.1) is 6.61 Å². The van der Waals surface area contributed by atoms with Crippen molar-refractivity contribution >= 4 is 10.8 Å². The van der Waals surface area contributed by atoms with Gasteiger partial charge in [-0.05, 0) is 26.3 Å². The van der Waals surface area contributed by atoms with Crippen molar-refractivity contribution in [1.82, 2.24) is 5.32 Å². The molecule has 0 spiro atoms. The summed E-state index contributed by atoms with van der Waals surface area (Å²) in [5.41, 5.74) is 1.18. The van der Waals surface area contributed by atoms with Crippen LogP contribution in [-0.2, 0) is 4.74 Å². The van der Waals surface area contributed by atoms with Gasteiger partial charge in [0, 0.05) is 23.6 Å². The molecule has 0 saturated heterocycles. The zero-order valence-corrected chi connectivity index (χ0v) is 12.5. The lowest BCUT2D eigenvalue weighted by atomic mass is 10.0. The number of benzene rings is 2. The number of nitrogens with one attached hydrogen (secondary N) is 1. The molecule has 3 heteroatoms. The molecule has 2 rings (SSSR count). The predicted octanol–water partition coefficient (Wildman–Crippen LogP) is 3.54. The molecular weight excluding hydrogens is 250 g/mol. The maximum Gasteiger partial charge on any atom is 0.132 e. The molecular formula is C17H23NO2. The Kier molecular flexibility index (Phi) is 5.39. The first kappa shape index (κ1) is 14.8. The molecule has 0 saturated carbocycles. The summed E-state index contributed by atoms with van der Waals surface area (Å²) in [6.45, 7) is 6.04. The summed E-state index contributed by atoms with van der Waals surface area (Å²) in [6, 6.07) is 12.9. The smallest absolute Gasteiger partial charge is 0.132 e. The topological polar surface area (TPSA) is 30.5 Å². The van der Waals surface area contributed by atoms with Crippen molar-refractivity contribution in [3.05, 3.63) is 42.0 Å². The molecule has 2 aromatic carbocycles. The molecule has 108 valence electrons. The third kappa shape index (κ3) is 3.30. The predicted molar refractivity (Wildman–Crippen MR) is 83.4 cm³/mol. The summed E-state index contributed by atoms with van der Waals surface area (Å²) in [5.74, 6) is 0.963. The van der Waals surface area contributed by atoms with Gasteiger partial charge in [-0.3, -0.25) is 0 Å². The second-order valence-corrected chi connectivity index (χ2v) is 4.76. The average molecular weight is 273 g/mol. The van der Waals surface area contributed by atoms with Crippen LogP contribution in [0.15, 0.2) is 36.4 Å². The van der Waals surface area contributed by atoms with Gasteiger partial charge in [0.1, 0.15) is 12.4 Å². The first-order chi connectivity index (χ1) is 9.77. The fourth-order valence-electron chi connectivity index (χ4n) is 2.26. The Hall–Kier alpha value is -1.58. The fourth-order valence-corrected chi connectivity index (χ4v) is 2.26. The molecule has 0 heterocycles. The normalized spacial score (nSPS) is 12.6. The van der Waals surface area contributed by atoms with Crippen LogP contribution in [0.2, 0.25) is 0 Å². The quantitative estimate of drug-likeness (QED) is 0.783. The number of hydrogen-bond donors (Lipinski definition) is 1. The molecule has 0 fully saturated rings. The van der Waals surface area contributed by atoms with Crippen LogP contribution in [-0.4, -0.2) is 26.9 Å². The van der Waals surface area contributed by atoms with Gasteiger partial charge < -0.3 is 14.8 Å². The molecule has 0 bridgehead atoms. The highest BCUT2D eigenvalue weighted by molar-refractivity contribution is 5.89. The molecule has 1 atom stereocenters. The Bertz CT molecular complexity index is 554. The third-order valence-corrected chi connectivity index (χ3v) is 3.49. The lowest BCUT2D eigenvalue weighted by molar-refractivity contribution is 0.110. The Morgan fingerprint density at radius 1 is 1.10 bits per heavy atom. The average Bonchev–Trinajstić information content (AvgIpc) is 2.50. The second-order valence-electron chi connectivity index (χ2n) is 4.76. The van der Waals surface area contributed by atoms with E-state index in [9.17, 15) is 0 Å². The van der Waals surface area contributed by atoms with Gasteiger partial charge in [0.25, 0.3) is 0 Å². The van der Waals surface area contributed by atoms with Gasteiger partial charge >= 0.3 is 0 Å². The standard InChI is InChI=1S/C17H23NO2/c1-4-19-11-12-20-17-15(13(2)18-3)10-9-14-7-5-6-8-16(14)17/h5-10,13,18H,4,11-12H2,1-3H3. The van der Waals surface area contributed by atoms with Crippen molar-refractivity contribution in [2.45, 2.75) is 19.9 Å².